The Balaban J connectivity index is 1.48. The molecule has 1 aromatic heterocycles. The molecule has 1 aliphatic carbocycles. The van der Waals surface area contributed by atoms with Crippen LogP contribution in [0.25, 0.3) is 0 Å². The Morgan fingerprint density at radius 2 is 1.80 bits per heavy atom. The first-order valence-electron chi connectivity index (χ1n) is 9.86. The summed E-state index contributed by atoms with van der Waals surface area (Å²) in [6, 6.07) is 12.8. The van der Waals surface area contributed by atoms with Gasteiger partial charge in [-0.25, -0.2) is 8.78 Å². The first-order chi connectivity index (χ1) is 14.6. The number of halogens is 2. The molecule has 2 heterocycles. The topological polar surface area (TPSA) is 45.7 Å². The first kappa shape index (κ1) is 18.5. The average molecular weight is 407 g/mol. The van der Waals surface area contributed by atoms with E-state index in [-0.39, 0.29) is 23.0 Å². The Bertz CT molecular complexity index is 1120. The molecule has 1 saturated carbocycles. The van der Waals surface area contributed by atoms with Gasteiger partial charge in [0.1, 0.15) is 17.1 Å². The van der Waals surface area contributed by atoms with Crippen molar-refractivity contribution in [3.63, 3.8) is 0 Å². The van der Waals surface area contributed by atoms with Crippen molar-refractivity contribution in [2.75, 3.05) is 22.9 Å². The standard InChI is InChI=1S/C23H19F2N3O2/c24-15-5-8-18(25)22(13-15)30-21-9-10-26-14-17(21)23(29)28-12-11-27(16-6-7-16)19-3-1-2-4-20(19)28/h1-5,8-10,13-14,16H,6-7,11-12H2. The van der Waals surface area contributed by atoms with Crippen LogP contribution in [0.2, 0.25) is 0 Å². The maximum atomic E-state index is 14.1. The molecule has 152 valence electrons. The highest BCUT2D eigenvalue weighted by Crippen LogP contribution is 2.40. The number of nitrogens with zero attached hydrogens (tertiary/aromatic N) is 3. The van der Waals surface area contributed by atoms with Gasteiger partial charge < -0.3 is 14.5 Å². The maximum absolute atomic E-state index is 14.1. The van der Waals surface area contributed by atoms with E-state index < -0.39 is 11.6 Å². The number of aromatic nitrogens is 1. The Kier molecular flexibility index (Phi) is 4.58. The second kappa shape index (κ2) is 7.40. The number of hydrogen-bond acceptors (Lipinski definition) is 4. The summed E-state index contributed by atoms with van der Waals surface area (Å²) in [6.45, 7) is 1.26. The van der Waals surface area contributed by atoms with Crippen molar-refractivity contribution in [3.05, 3.63) is 78.1 Å². The van der Waals surface area contributed by atoms with Gasteiger partial charge in [0.05, 0.1) is 11.4 Å². The van der Waals surface area contributed by atoms with Crippen molar-refractivity contribution in [1.82, 2.24) is 4.98 Å². The molecule has 0 radical (unpaired) electrons. The second-order valence-electron chi connectivity index (χ2n) is 7.42. The zero-order chi connectivity index (χ0) is 20.7. The van der Waals surface area contributed by atoms with Crippen molar-refractivity contribution in [2.24, 2.45) is 0 Å². The van der Waals surface area contributed by atoms with Gasteiger partial charge in [-0.05, 0) is 43.2 Å². The highest BCUT2D eigenvalue weighted by atomic mass is 19.1. The number of carbonyl (C=O) groups excluding carboxylic acids is 1. The largest absolute Gasteiger partial charge is 0.453 e. The van der Waals surface area contributed by atoms with Crippen molar-refractivity contribution in [2.45, 2.75) is 18.9 Å². The molecule has 2 aliphatic rings. The number of para-hydroxylation sites is 2. The van der Waals surface area contributed by atoms with E-state index in [2.05, 4.69) is 9.88 Å². The second-order valence-corrected chi connectivity index (χ2v) is 7.42. The third-order valence-corrected chi connectivity index (χ3v) is 5.40. The van der Waals surface area contributed by atoms with Gasteiger partial charge in [0.25, 0.3) is 5.91 Å². The van der Waals surface area contributed by atoms with Crippen LogP contribution in [0.4, 0.5) is 20.2 Å². The molecule has 5 nitrogen and oxygen atoms in total. The Morgan fingerprint density at radius 1 is 1.00 bits per heavy atom. The molecule has 7 heteroatoms. The summed E-state index contributed by atoms with van der Waals surface area (Å²) in [5.41, 5.74) is 2.05. The summed E-state index contributed by atoms with van der Waals surface area (Å²) in [6.07, 6.45) is 5.18. The molecule has 1 amide bonds. The fourth-order valence-electron chi connectivity index (χ4n) is 3.81. The minimum absolute atomic E-state index is 0.126. The van der Waals surface area contributed by atoms with Crippen LogP contribution in [-0.4, -0.2) is 30.0 Å². The summed E-state index contributed by atoms with van der Waals surface area (Å²) in [4.78, 5) is 21.5. The van der Waals surface area contributed by atoms with Gasteiger partial charge in [-0.15, -0.1) is 0 Å². The third kappa shape index (κ3) is 3.36. The smallest absolute Gasteiger partial charge is 0.263 e. The number of pyridine rings is 1. The Morgan fingerprint density at radius 3 is 2.60 bits per heavy atom. The lowest BCUT2D eigenvalue weighted by molar-refractivity contribution is 0.0984. The number of rotatable bonds is 4. The lowest BCUT2D eigenvalue weighted by atomic mass is 10.1. The lowest BCUT2D eigenvalue weighted by Crippen LogP contribution is -2.45. The normalized spacial score (nSPS) is 15.7. The Labute approximate surface area is 172 Å². The zero-order valence-corrected chi connectivity index (χ0v) is 16.1. The first-order valence-corrected chi connectivity index (χ1v) is 9.86. The summed E-state index contributed by atoms with van der Waals surface area (Å²) in [7, 11) is 0. The van der Waals surface area contributed by atoms with Crippen molar-refractivity contribution in [3.8, 4) is 11.5 Å². The predicted octanol–water partition coefficient (Wildman–Crippen LogP) is 4.78. The molecule has 1 fully saturated rings. The SMILES string of the molecule is O=C(c1cnccc1Oc1cc(F)ccc1F)N1CCN(C2CC2)c2ccccc21. The van der Waals surface area contributed by atoms with E-state index in [9.17, 15) is 13.6 Å². The number of benzene rings is 2. The molecule has 0 unspecified atom stereocenters. The Hall–Kier alpha value is -3.48. The van der Waals surface area contributed by atoms with E-state index in [4.69, 9.17) is 4.74 Å². The summed E-state index contributed by atoms with van der Waals surface area (Å²) >= 11 is 0. The fourth-order valence-corrected chi connectivity index (χ4v) is 3.81. The predicted molar refractivity (Wildman–Crippen MR) is 109 cm³/mol. The number of amides is 1. The highest BCUT2D eigenvalue weighted by molar-refractivity contribution is 6.09. The van der Waals surface area contributed by atoms with Gasteiger partial charge >= 0.3 is 0 Å². The molecular formula is C23H19F2N3O2. The lowest BCUT2D eigenvalue weighted by Gasteiger charge is -2.38. The van der Waals surface area contributed by atoms with Crippen LogP contribution in [0.15, 0.2) is 60.9 Å². The number of ether oxygens (including phenoxy) is 1. The third-order valence-electron chi connectivity index (χ3n) is 5.40. The van der Waals surface area contributed by atoms with Gasteiger partial charge in [-0.1, -0.05) is 12.1 Å². The molecule has 0 atom stereocenters. The van der Waals surface area contributed by atoms with Crippen LogP contribution in [0.3, 0.4) is 0 Å². The van der Waals surface area contributed by atoms with Gasteiger partial charge in [0, 0.05) is 37.6 Å². The molecule has 0 N–H and O–H groups in total. The van der Waals surface area contributed by atoms with E-state index >= 15 is 0 Å². The summed E-state index contributed by atoms with van der Waals surface area (Å²) < 4.78 is 33.2. The van der Waals surface area contributed by atoms with E-state index in [1.165, 1.54) is 31.3 Å². The molecule has 2 aromatic carbocycles. The molecule has 0 spiro atoms. The van der Waals surface area contributed by atoms with Crippen LogP contribution in [0.1, 0.15) is 23.2 Å². The average Bonchev–Trinajstić information content (AvgIpc) is 3.61. The molecule has 1 aliphatic heterocycles. The highest BCUT2D eigenvalue weighted by Gasteiger charge is 2.36. The number of hydrogen-bond donors (Lipinski definition) is 0. The van der Waals surface area contributed by atoms with Crippen LogP contribution < -0.4 is 14.5 Å². The van der Waals surface area contributed by atoms with Crippen LogP contribution in [0.5, 0.6) is 11.5 Å². The van der Waals surface area contributed by atoms with Gasteiger partial charge in [-0.3, -0.25) is 9.78 Å². The van der Waals surface area contributed by atoms with E-state index in [1.54, 1.807) is 4.90 Å². The molecular weight excluding hydrogens is 388 g/mol. The summed E-state index contributed by atoms with van der Waals surface area (Å²) in [5, 5.41) is 0. The molecule has 0 bridgehead atoms. The van der Waals surface area contributed by atoms with Gasteiger partial charge in [-0.2, -0.15) is 0 Å². The van der Waals surface area contributed by atoms with E-state index in [1.807, 2.05) is 24.3 Å². The number of fused-ring (bicyclic) bond motifs is 1. The molecule has 30 heavy (non-hydrogen) atoms. The van der Waals surface area contributed by atoms with Gasteiger partial charge in [0.15, 0.2) is 11.6 Å². The number of carbonyl (C=O) groups is 1. The van der Waals surface area contributed by atoms with Crippen molar-refractivity contribution >= 4 is 17.3 Å². The molecule has 5 rings (SSSR count). The minimum atomic E-state index is -0.713. The zero-order valence-electron chi connectivity index (χ0n) is 16.1. The fraction of sp³-hybridized carbons (Fsp3) is 0.217. The van der Waals surface area contributed by atoms with Crippen LogP contribution in [0, 0.1) is 11.6 Å². The minimum Gasteiger partial charge on any atom is -0.453 e. The van der Waals surface area contributed by atoms with Crippen molar-refractivity contribution < 1.29 is 18.3 Å². The van der Waals surface area contributed by atoms with Crippen molar-refractivity contribution in [1.29, 1.82) is 0 Å². The number of anilines is 2. The van der Waals surface area contributed by atoms with Crippen LogP contribution in [-0.2, 0) is 0 Å². The molecule has 3 aromatic rings. The maximum Gasteiger partial charge on any atom is 0.263 e. The molecule has 0 saturated heterocycles. The van der Waals surface area contributed by atoms with Crippen LogP contribution >= 0.6 is 0 Å². The quantitative estimate of drug-likeness (QED) is 0.624. The van der Waals surface area contributed by atoms with E-state index in [0.29, 0.717) is 12.6 Å². The monoisotopic (exact) mass is 407 g/mol. The summed E-state index contributed by atoms with van der Waals surface area (Å²) in [5.74, 6) is -1.79. The van der Waals surface area contributed by atoms with Gasteiger partial charge in [0.2, 0.25) is 0 Å². The van der Waals surface area contributed by atoms with E-state index in [0.717, 1.165) is 36.1 Å².